The quantitative estimate of drug-likeness (QED) is 0.315. The van der Waals surface area contributed by atoms with E-state index < -0.39 is 18.7 Å². The maximum atomic E-state index is 10.4. The van der Waals surface area contributed by atoms with Crippen LogP contribution in [-0.4, -0.2) is 36.9 Å². The summed E-state index contributed by atoms with van der Waals surface area (Å²) >= 11 is 0. The van der Waals surface area contributed by atoms with Crippen LogP contribution in [0.15, 0.2) is 0 Å². The van der Waals surface area contributed by atoms with Crippen molar-refractivity contribution < 1.29 is 19.4 Å². The van der Waals surface area contributed by atoms with Crippen molar-refractivity contribution in [2.45, 2.75) is 0 Å². The molecule has 0 fully saturated rings. The van der Waals surface area contributed by atoms with Crippen molar-refractivity contribution in [1.29, 1.82) is 0 Å². The summed E-state index contributed by atoms with van der Waals surface area (Å²) in [5.74, 6) is -1.14. The van der Waals surface area contributed by atoms with Crippen molar-refractivity contribution in [2.24, 2.45) is 5.73 Å². The Labute approximate surface area is 63.3 Å². The molecule has 0 aliphatic rings. The summed E-state index contributed by atoms with van der Waals surface area (Å²) in [6.07, 6.45) is 0. The molecule has 64 valence electrons. The van der Waals surface area contributed by atoms with E-state index in [1.165, 1.54) is 0 Å². The van der Waals surface area contributed by atoms with Gasteiger partial charge in [0.05, 0.1) is 6.54 Å². The highest BCUT2D eigenvalue weighted by molar-refractivity contribution is 5.82. The predicted octanol–water partition coefficient (Wildman–Crippen LogP) is -2.45. The number of ether oxygens (including phenoxy) is 1. The Bertz CT molecular complexity index is 147. The predicted molar refractivity (Wildman–Crippen MR) is 35.2 cm³/mol. The highest BCUT2D eigenvalue weighted by Crippen LogP contribution is 1.72. The lowest BCUT2D eigenvalue weighted by atomic mass is 10.5. The van der Waals surface area contributed by atoms with Gasteiger partial charge in [0, 0.05) is 0 Å². The average molecular weight is 162 g/mol. The van der Waals surface area contributed by atoms with Gasteiger partial charge in [0.2, 0.25) is 5.91 Å². The summed E-state index contributed by atoms with van der Waals surface area (Å²) in [6.45, 7) is -1.12. The number of esters is 1. The average Bonchev–Trinajstić information content (AvgIpc) is 2.01. The molecule has 0 aromatic carbocycles. The lowest BCUT2D eigenvalue weighted by Crippen LogP contribution is -2.35. The zero-order valence-electron chi connectivity index (χ0n) is 5.87. The minimum absolute atomic E-state index is 0.174. The lowest BCUT2D eigenvalue weighted by Gasteiger charge is -2.01. The molecular formula is C5H10N2O4. The number of nitrogens with two attached hydrogens (primary N) is 1. The Morgan fingerprint density at radius 2 is 2.18 bits per heavy atom. The van der Waals surface area contributed by atoms with Crippen LogP contribution in [-0.2, 0) is 14.3 Å². The van der Waals surface area contributed by atoms with E-state index >= 15 is 0 Å². The van der Waals surface area contributed by atoms with E-state index in [-0.39, 0.29) is 13.1 Å². The van der Waals surface area contributed by atoms with Gasteiger partial charge < -0.3 is 20.9 Å². The summed E-state index contributed by atoms with van der Waals surface area (Å²) in [5, 5.41) is 10.2. The topological polar surface area (TPSA) is 102 Å². The number of carbonyl (C=O) groups is 2. The first kappa shape index (κ1) is 9.86. The molecule has 0 spiro atoms. The van der Waals surface area contributed by atoms with Crippen molar-refractivity contribution in [1.82, 2.24) is 5.32 Å². The number of carbonyl (C=O) groups excluding carboxylic acids is 2. The van der Waals surface area contributed by atoms with E-state index in [1.54, 1.807) is 0 Å². The number of amides is 1. The number of nitrogens with one attached hydrogen (secondary N) is 1. The van der Waals surface area contributed by atoms with Gasteiger partial charge in [-0.3, -0.25) is 9.59 Å². The maximum absolute atomic E-state index is 10.4. The zero-order chi connectivity index (χ0) is 8.69. The van der Waals surface area contributed by atoms with Gasteiger partial charge >= 0.3 is 5.97 Å². The van der Waals surface area contributed by atoms with E-state index in [0.717, 1.165) is 0 Å². The van der Waals surface area contributed by atoms with E-state index in [9.17, 15) is 9.59 Å². The molecule has 0 saturated carbocycles. The molecule has 0 aromatic rings. The first-order valence-corrected chi connectivity index (χ1v) is 2.94. The molecule has 11 heavy (non-hydrogen) atoms. The first-order valence-electron chi connectivity index (χ1n) is 2.94. The first-order chi connectivity index (χ1) is 5.20. The van der Waals surface area contributed by atoms with Crippen molar-refractivity contribution in [2.75, 3.05) is 19.9 Å². The summed E-state index contributed by atoms with van der Waals surface area (Å²) in [5.41, 5.74) is 4.92. The molecule has 6 heteroatoms. The number of aliphatic hydroxyl groups excluding tert-OH is 1. The van der Waals surface area contributed by atoms with Gasteiger partial charge in [0.25, 0.3) is 0 Å². The second-order valence-electron chi connectivity index (χ2n) is 1.63. The van der Waals surface area contributed by atoms with Crippen molar-refractivity contribution in [3.8, 4) is 0 Å². The van der Waals surface area contributed by atoms with Gasteiger partial charge in [0.15, 0.2) is 6.79 Å². The Morgan fingerprint density at radius 1 is 1.55 bits per heavy atom. The van der Waals surface area contributed by atoms with Crippen LogP contribution in [0.2, 0.25) is 0 Å². The second kappa shape index (κ2) is 5.63. The molecule has 4 N–H and O–H groups in total. The molecule has 0 aromatic heterocycles. The molecule has 0 aliphatic heterocycles. The molecular weight excluding hydrogens is 152 g/mol. The third-order valence-corrected chi connectivity index (χ3v) is 0.841. The zero-order valence-corrected chi connectivity index (χ0v) is 5.87. The smallest absolute Gasteiger partial charge is 0.327 e. The van der Waals surface area contributed by atoms with Crippen LogP contribution in [0.1, 0.15) is 0 Å². The van der Waals surface area contributed by atoms with Crippen LogP contribution in [0.4, 0.5) is 0 Å². The fourth-order valence-corrected chi connectivity index (χ4v) is 0.366. The van der Waals surface area contributed by atoms with Crippen molar-refractivity contribution in [3.63, 3.8) is 0 Å². The van der Waals surface area contributed by atoms with E-state index in [1.807, 2.05) is 0 Å². The van der Waals surface area contributed by atoms with Crippen LogP contribution in [0.5, 0.6) is 0 Å². The molecule has 0 atom stereocenters. The van der Waals surface area contributed by atoms with Gasteiger partial charge in [-0.15, -0.1) is 0 Å². The standard InChI is InChI=1S/C5H10N2O4/c6-1-4(9)7-2-5(10)11-3-8/h8H,1-3,6H2,(H,7,9). The molecule has 0 saturated heterocycles. The normalized spacial score (nSPS) is 8.91. The van der Waals surface area contributed by atoms with E-state index in [4.69, 9.17) is 10.8 Å². The van der Waals surface area contributed by atoms with E-state index in [2.05, 4.69) is 10.1 Å². The third kappa shape index (κ3) is 5.31. The summed E-state index contributed by atoms with van der Waals surface area (Å²) in [7, 11) is 0. The van der Waals surface area contributed by atoms with E-state index in [0.29, 0.717) is 0 Å². The van der Waals surface area contributed by atoms with Crippen molar-refractivity contribution in [3.05, 3.63) is 0 Å². The third-order valence-electron chi connectivity index (χ3n) is 0.841. The molecule has 1 amide bonds. The summed E-state index contributed by atoms with van der Waals surface area (Å²) in [6, 6.07) is 0. The highest BCUT2D eigenvalue weighted by Gasteiger charge is 2.02. The van der Waals surface area contributed by atoms with Gasteiger partial charge in [-0.2, -0.15) is 0 Å². The molecule has 0 rings (SSSR count). The van der Waals surface area contributed by atoms with Gasteiger partial charge in [0.1, 0.15) is 6.54 Å². The SMILES string of the molecule is NCC(=O)NCC(=O)OCO. The van der Waals surface area contributed by atoms with Crippen LogP contribution >= 0.6 is 0 Å². The number of hydrogen-bond acceptors (Lipinski definition) is 5. The number of rotatable bonds is 4. The number of hydrogen-bond donors (Lipinski definition) is 3. The second-order valence-corrected chi connectivity index (χ2v) is 1.63. The monoisotopic (exact) mass is 162 g/mol. The maximum Gasteiger partial charge on any atom is 0.327 e. The fourth-order valence-electron chi connectivity index (χ4n) is 0.366. The van der Waals surface area contributed by atoms with Gasteiger partial charge in [-0.25, -0.2) is 0 Å². The molecule has 0 heterocycles. The van der Waals surface area contributed by atoms with Crippen LogP contribution in [0, 0.1) is 0 Å². The highest BCUT2D eigenvalue weighted by atomic mass is 16.6. The molecule has 0 radical (unpaired) electrons. The Kier molecular flexibility index (Phi) is 5.05. The molecule has 0 unspecified atom stereocenters. The Morgan fingerprint density at radius 3 is 2.64 bits per heavy atom. The number of aliphatic hydroxyl groups is 1. The Balaban J connectivity index is 3.38. The molecule has 6 nitrogen and oxygen atoms in total. The largest absolute Gasteiger partial charge is 0.437 e. The minimum Gasteiger partial charge on any atom is -0.437 e. The van der Waals surface area contributed by atoms with Crippen LogP contribution in [0.25, 0.3) is 0 Å². The molecule has 0 aliphatic carbocycles. The molecule has 0 bridgehead atoms. The summed E-state index contributed by atoms with van der Waals surface area (Å²) in [4.78, 5) is 20.8. The van der Waals surface area contributed by atoms with Gasteiger partial charge in [-0.1, -0.05) is 0 Å². The minimum atomic E-state index is -0.700. The fraction of sp³-hybridized carbons (Fsp3) is 0.600. The lowest BCUT2D eigenvalue weighted by molar-refractivity contribution is -0.151. The van der Waals surface area contributed by atoms with Crippen LogP contribution < -0.4 is 11.1 Å². The summed E-state index contributed by atoms with van der Waals surface area (Å²) < 4.78 is 4.10. The van der Waals surface area contributed by atoms with Gasteiger partial charge in [-0.05, 0) is 0 Å². The van der Waals surface area contributed by atoms with Crippen molar-refractivity contribution >= 4 is 11.9 Å². The van der Waals surface area contributed by atoms with Crippen LogP contribution in [0.3, 0.4) is 0 Å². The Hall–Kier alpha value is -1.14.